The lowest BCUT2D eigenvalue weighted by atomic mass is 10.0. The van der Waals surface area contributed by atoms with Gasteiger partial charge in [-0.15, -0.1) is 0 Å². The van der Waals surface area contributed by atoms with Crippen LogP contribution in [0, 0.1) is 6.92 Å². The molecule has 1 saturated heterocycles. The number of aryl methyl sites for hydroxylation is 1. The Morgan fingerprint density at radius 3 is 2.76 bits per heavy atom. The Hall–Kier alpha value is -1.81. The van der Waals surface area contributed by atoms with Crippen molar-refractivity contribution >= 4 is 16.9 Å². The summed E-state index contributed by atoms with van der Waals surface area (Å²) in [6, 6.07) is 5.90. The Bertz CT molecular complexity index is 653. The summed E-state index contributed by atoms with van der Waals surface area (Å²) in [4.78, 5) is 13.8. The maximum Gasteiger partial charge on any atom is 0.339 e. The number of carboxylic acid groups (broad SMARTS) is 1. The predicted molar refractivity (Wildman–Crippen MR) is 81.9 cm³/mol. The van der Waals surface area contributed by atoms with E-state index < -0.39 is 5.97 Å². The molecule has 0 bridgehead atoms. The van der Waals surface area contributed by atoms with E-state index in [-0.39, 0.29) is 0 Å². The molecule has 1 aromatic heterocycles. The number of furan rings is 1. The van der Waals surface area contributed by atoms with Crippen molar-refractivity contribution in [1.82, 2.24) is 4.90 Å². The van der Waals surface area contributed by atoms with E-state index in [2.05, 4.69) is 4.90 Å². The van der Waals surface area contributed by atoms with Crippen molar-refractivity contribution in [2.24, 2.45) is 0 Å². The summed E-state index contributed by atoms with van der Waals surface area (Å²) in [6.07, 6.45) is 4.89. The number of likely N-dealkylation sites (tertiary alicyclic amines) is 1. The van der Waals surface area contributed by atoms with Gasteiger partial charge < -0.3 is 14.4 Å². The van der Waals surface area contributed by atoms with Gasteiger partial charge in [-0.25, -0.2) is 4.79 Å². The van der Waals surface area contributed by atoms with Crippen molar-refractivity contribution in [3.05, 3.63) is 35.1 Å². The van der Waals surface area contributed by atoms with Crippen LogP contribution in [0.3, 0.4) is 0 Å². The van der Waals surface area contributed by atoms with Gasteiger partial charge >= 0.3 is 5.97 Å². The highest BCUT2D eigenvalue weighted by molar-refractivity contribution is 6.03. The maximum atomic E-state index is 11.3. The van der Waals surface area contributed by atoms with Gasteiger partial charge in [0.15, 0.2) is 0 Å². The van der Waals surface area contributed by atoms with Crippen molar-refractivity contribution in [3.63, 3.8) is 0 Å². The molecule has 0 radical (unpaired) electrons. The highest BCUT2D eigenvalue weighted by Gasteiger charge is 2.17. The molecule has 0 unspecified atom stereocenters. The third-order valence-electron chi connectivity index (χ3n) is 4.31. The second-order valence-electron chi connectivity index (χ2n) is 5.82. The monoisotopic (exact) mass is 287 g/mol. The highest BCUT2D eigenvalue weighted by Crippen LogP contribution is 2.26. The average molecular weight is 287 g/mol. The van der Waals surface area contributed by atoms with Crippen molar-refractivity contribution in [2.75, 3.05) is 19.6 Å². The second-order valence-corrected chi connectivity index (χ2v) is 5.82. The zero-order valence-electron chi connectivity index (χ0n) is 12.4. The van der Waals surface area contributed by atoms with Crippen molar-refractivity contribution in [1.29, 1.82) is 0 Å². The summed E-state index contributed by atoms with van der Waals surface area (Å²) in [6.45, 7) is 5.13. The normalized spacial score (nSPS) is 16.4. The number of nitrogens with zero attached hydrogens (tertiary/aromatic N) is 1. The van der Waals surface area contributed by atoms with Crippen LogP contribution in [0.1, 0.15) is 40.9 Å². The zero-order chi connectivity index (χ0) is 14.8. The minimum absolute atomic E-state index is 0.296. The molecule has 2 heterocycles. The number of carbonyl (C=O) groups is 1. The maximum absolute atomic E-state index is 11.3. The largest absolute Gasteiger partial charge is 0.478 e. The van der Waals surface area contributed by atoms with Crippen LogP contribution in [0.4, 0.5) is 0 Å². The van der Waals surface area contributed by atoms with Gasteiger partial charge in [0.2, 0.25) is 0 Å². The van der Waals surface area contributed by atoms with E-state index in [0.717, 1.165) is 18.4 Å². The molecule has 0 spiro atoms. The van der Waals surface area contributed by atoms with Gasteiger partial charge in [0, 0.05) is 11.9 Å². The van der Waals surface area contributed by atoms with Gasteiger partial charge in [-0.2, -0.15) is 0 Å². The number of rotatable bonds is 4. The Morgan fingerprint density at radius 2 is 2.05 bits per heavy atom. The van der Waals surface area contributed by atoms with E-state index in [1.54, 1.807) is 6.92 Å². The van der Waals surface area contributed by atoms with Gasteiger partial charge in [-0.05, 0) is 57.0 Å². The van der Waals surface area contributed by atoms with Gasteiger partial charge in [0.05, 0.1) is 0 Å². The van der Waals surface area contributed by atoms with Crippen LogP contribution >= 0.6 is 0 Å². The summed E-state index contributed by atoms with van der Waals surface area (Å²) in [5.41, 5.74) is 2.13. The van der Waals surface area contributed by atoms with Gasteiger partial charge in [0.1, 0.15) is 16.9 Å². The molecule has 0 aliphatic carbocycles. The summed E-state index contributed by atoms with van der Waals surface area (Å²) < 4.78 is 5.52. The molecule has 112 valence electrons. The first-order valence-corrected chi connectivity index (χ1v) is 7.63. The molecule has 4 heteroatoms. The van der Waals surface area contributed by atoms with E-state index in [1.807, 2.05) is 18.2 Å². The van der Waals surface area contributed by atoms with Crippen LogP contribution in [-0.2, 0) is 6.42 Å². The molecule has 1 aliphatic heterocycles. The van der Waals surface area contributed by atoms with Crippen molar-refractivity contribution < 1.29 is 14.3 Å². The lowest BCUT2D eigenvalue weighted by Gasteiger charge is -2.26. The number of carboxylic acids is 1. The quantitative estimate of drug-likeness (QED) is 0.935. The summed E-state index contributed by atoms with van der Waals surface area (Å²) >= 11 is 0. The molecule has 1 aliphatic rings. The fourth-order valence-electron chi connectivity index (χ4n) is 3.16. The molecule has 1 N–H and O–H groups in total. The van der Waals surface area contributed by atoms with Crippen molar-refractivity contribution in [2.45, 2.75) is 32.6 Å². The standard InChI is InChI=1S/C17H21NO3/c1-12-16(17(19)20)14-11-13(5-6-15(14)21-12)7-10-18-8-3-2-4-9-18/h5-6,11H,2-4,7-10H2,1H3,(H,19,20). The van der Waals surface area contributed by atoms with Crippen LogP contribution in [0.5, 0.6) is 0 Å². The Kier molecular flexibility index (Phi) is 3.97. The molecular weight excluding hydrogens is 266 g/mol. The van der Waals surface area contributed by atoms with Crippen LogP contribution in [0.15, 0.2) is 22.6 Å². The third-order valence-corrected chi connectivity index (χ3v) is 4.31. The van der Waals surface area contributed by atoms with Crippen LogP contribution in [0.25, 0.3) is 11.0 Å². The van der Waals surface area contributed by atoms with Crippen LogP contribution < -0.4 is 0 Å². The summed E-state index contributed by atoms with van der Waals surface area (Å²) in [7, 11) is 0. The average Bonchev–Trinajstić information content (AvgIpc) is 2.81. The molecule has 0 amide bonds. The molecule has 1 fully saturated rings. The predicted octanol–water partition coefficient (Wildman–Crippen LogP) is 3.47. The number of piperidine rings is 1. The minimum Gasteiger partial charge on any atom is -0.478 e. The van der Waals surface area contributed by atoms with E-state index in [1.165, 1.54) is 37.9 Å². The number of hydrogen-bond donors (Lipinski definition) is 1. The SMILES string of the molecule is Cc1oc2ccc(CCN3CCCCC3)cc2c1C(=O)O. The topological polar surface area (TPSA) is 53.7 Å². The first kappa shape index (κ1) is 14.1. The van der Waals surface area contributed by atoms with E-state index >= 15 is 0 Å². The lowest BCUT2D eigenvalue weighted by molar-refractivity contribution is 0.0697. The smallest absolute Gasteiger partial charge is 0.339 e. The Balaban J connectivity index is 1.79. The van der Waals surface area contributed by atoms with Crippen molar-refractivity contribution in [3.8, 4) is 0 Å². The number of benzene rings is 1. The van der Waals surface area contributed by atoms with Crippen LogP contribution in [0.2, 0.25) is 0 Å². The molecule has 1 aromatic carbocycles. The molecule has 3 rings (SSSR count). The van der Waals surface area contributed by atoms with E-state index in [9.17, 15) is 9.90 Å². The lowest BCUT2D eigenvalue weighted by Crippen LogP contribution is -2.31. The van der Waals surface area contributed by atoms with E-state index in [4.69, 9.17) is 4.42 Å². The number of hydrogen-bond acceptors (Lipinski definition) is 3. The van der Waals surface area contributed by atoms with E-state index in [0.29, 0.717) is 16.9 Å². The molecule has 2 aromatic rings. The van der Waals surface area contributed by atoms with Gasteiger partial charge in [-0.3, -0.25) is 0 Å². The minimum atomic E-state index is -0.917. The number of aromatic carboxylic acids is 1. The summed E-state index contributed by atoms with van der Waals surface area (Å²) in [5, 5.41) is 10.0. The first-order chi connectivity index (χ1) is 10.1. The third kappa shape index (κ3) is 2.95. The summed E-state index contributed by atoms with van der Waals surface area (Å²) in [5.74, 6) is -0.440. The van der Waals surface area contributed by atoms with Crippen LogP contribution in [-0.4, -0.2) is 35.6 Å². The second kappa shape index (κ2) is 5.90. The molecule has 4 nitrogen and oxygen atoms in total. The molecule has 0 atom stereocenters. The molecule has 0 saturated carbocycles. The Morgan fingerprint density at radius 1 is 1.29 bits per heavy atom. The number of fused-ring (bicyclic) bond motifs is 1. The molecular formula is C17H21NO3. The Labute approximate surface area is 124 Å². The fraction of sp³-hybridized carbons (Fsp3) is 0.471. The fourth-order valence-corrected chi connectivity index (χ4v) is 3.16. The van der Waals surface area contributed by atoms with Gasteiger partial charge in [0.25, 0.3) is 0 Å². The van der Waals surface area contributed by atoms with Gasteiger partial charge in [-0.1, -0.05) is 12.5 Å². The molecule has 21 heavy (non-hydrogen) atoms. The first-order valence-electron chi connectivity index (χ1n) is 7.63. The zero-order valence-corrected chi connectivity index (χ0v) is 12.4. The highest BCUT2D eigenvalue weighted by atomic mass is 16.4.